The molecule has 2 amide bonds. The average Bonchev–Trinajstić information content (AvgIpc) is 3.03. The van der Waals surface area contributed by atoms with Crippen LogP contribution >= 0.6 is 0 Å². The zero-order valence-corrected chi connectivity index (χ0v) is 18.5. The van der Waals surface area contributed by atoms with Gasteiger partial charge < -0.3 is 10.2 Å². The second-order valence-electron chi connectivity index (χ2n) is 8.47. The maximum atomic E-state index is 13.2. The van der Waals surface area contributed by atoms with Crippen molar-refractivity contribution in [2.45, 2.75) is 58.8 Å². The maximum absolute atomic E-state index is 13.2. The number of hydrogen-bond donors (Lipinski definition) is 1. The molecule has 6 nitrogen and oxygen atoms in total. The van der Waals surface area contributed by atoms with E-state index >= 15 is 0 Å². The van der Waals surface area contributed by atoms with E-state index in [-0.39, 0.29) is 29.7 Å². The third-order valence-electron chi connectivity index (χ3n) is 4.96. The number of aryl methyl sites for hydroxylation is 1. The molecule has 29 heavy (non-hydrogen) atoms. The van der Waals surface area contributed by atoms with E-state index in [0.717, 1.165) is 17.7 Å². The molecular formula is C23H34N4O2. The van der Waals surface area contributed by atoms with Gasteiger partial charge in [-0.05, 0) is 18.4 Å². The number of amides is 2. The lowest BCUT2D eigenvalue weighted by Gasteiger charge is -2.26. The standard InChI is InChI=1S/C23H34N4O2/c1-7-14-27(22(29)18(8-2)17-12-10-9-11-13-17)16-21(28)24-20-15-19(23(3,4)5)25-26(20)6/h9-13,15,18H,7-8,14,16H2,1-6H3,(H,24,28). The number of hydrogen-bond acceptors (Lipinski definition) is 3. The lowest BCUT2D eigenvalue weighted by atomic mass is 9.92. The zero-order valence-electron chi connectivity index (χ0n) is 18.5. The highest BCUT2D eigenvalue weighted by Crippen LogP contribution is 2.24. The van der Waals surface area contributed by atoms with Gasteiger partial charge in [0.05, 0.1) is 18.2 Å². The molecule has 2 aromatic rings. The van der Waals surface area contributed by atoms with E-state index in [1.165, 1.54) is 0 Å². The van der Waals surface area contributed by atoms with Crippen LogP contribution in [0.25, 0.3) is 0 Å². The van der Waals surface area contributed by atoms with Crippen LogP contribution in [0.15, 0.2) is 36.4 Å². The van der Waals surface area contributed by atoms with E-state index in [2.05, 4.69) is 31.2 Å². The SMILES string of the molecule is CCCN(CC(=O)Nc1cc(C(C)(C)C)nn1C)C(=O)C(CC)c1ccccc1. The smallest absolute Gasteiger partial charge is 0.245 e. The first-order chi connectivity index (χ1) is 13.7. The summed E-state index contributed by atoms with van der Waals surface area (Å²) in [5, 5.41) is 7.40. The summed E-state index contributed by atoms with van der Waals surface area (Å²) in [6.45, 7) is 10.8. The minimum absolute atomic E-state index is 0.00362. The summed E-state index contributed by atoms with van der Waals surface area (Å²) in [6.07, 6.45) is 1.49. The first kappa shape index (κ1) is 22.7. The van der Waals surface area contributed by atoms with E-state index < -0.39 is 0 Å². The van der Waals surface area contributed by atoms with E-state index in [0.29, 0.717) is 18.8 Å². The molecule has 2 rings (SSSR count). The van der Waals surface area contributed by atoms with Crippen molar-refractivity contribution in [2.75, 3.05) is 18.4 Å². The summed E-state index contributed by atoms with van der Waals surface area (Å²) < 4.78 is 1.67. The van der Waals surface area contributed by atoms with Crippen molar-refractivity contribution in [2.24, 2.45) is 7.05 Å². The van der Waals surface area contributed by atoms with Crippen molar-refractivity contribution < 1.29 is 9.59 Å². The predicted molar refractivity (Wildman–Crippen MR) is 117 cm³/mol. The molecule has 0 bridgehead atoms. The highest BCUT2D eigenvalue weighted by molar-refractivity contribution is 5.95. The molecule has 0 fully saturated rings. The largest absolute Gasteiger partial charge is 0.333 e. The van der Waals surface area contributed by atoms with Gasteiger partial charge in [-0.15, -0.1) is 0 Å². The van der Waals surface area contributed by atoms with Crippen LogP contribution in [-0.2, 0) is 22.1 Å². The fourth-order valence-corrected chi connectivity index (χ4v) is 3.30. The van der Waals surface area contributed by atoms with Gasteiger partial charge in [0, 0.05) is 25.1 Å². The molecule has 158 valence electrons. The van der Waals surface area contributed by atoms with Gasteiger partial charge in [0.1, 0.15) is 5.82 Å². The lowest BCUT2D eigenvalue weighted by Crippen LogP contribution is -2.41. The Hall–Kier alpha value is -2.63. The van der Waals surface area contributed by atoms with Crippen LogP contribution < -0.4 is 5.32 Å². The molecule has 0 aliphatic rings. The van der Waals surface area contributed by atoms with Crippen LogP contribution in [0, 0.1) is 0 Å². The summed E-state index contributed by atoms with van der Waals surface area (Å²) in [5.41, 5.74) is 1.80. The molecule has 0 spiro atoms. The fraction of sp³-hybridized carbons (Fsp3) is 0.522. The predicted octanol–water partition coefficient (Wildman–Crippen LogP) is 4.09. The molecule has 0 aliphatic heterocycles. The van der Waals surface area contributed by atoms with Gasteiger partial charge in [-0.3, -0.25) is 14.3 Å². The normalized spacial score (nSPS) is 12.5. The summed E-state index contributed by atoms with van der Waals surface area (Å²) >= 11 is 0. The molecular weight excluding hydrogens is 364 g/mol. The van der Waals surface area contributed by atoms with Gasteiger partial charge in [0.25, 0.3) is 0 Å². The Morgan fingerprint density at radius 2 is 1.83 bits per heavy atom. The number of aromatic nitrogens is 2. The Balaban J connectivity index is 2.12. The van der Waals surface area contributed by atoms with Crippen LogP contribution in [0.1, 0.15) is 64.6 Å². The van der Waals surface area contributed by atoms with Crippen LogP contribution in [-0.4, -0.2) is 39.6 Å². The molecule has 0 radical (unpaired) electrons. The van der Waals surface area contributed by atoms with Crippen molar-refractivity contribution in [3.05, 3.63) is 47.7 Å². The highest BCUT2D eigenvalue weighted by Gasteiger charge is 2.26. The molecule has 1 heterocycles. The van der Waals surface area contributed by atoms with Crippen molar-refractivity contribution >= 4 is 17.6 Å². The monoisotopic (exact) mass is 398 g/mol. The van der Waals surface area contributed by atoms with Crippen LogP contribution in [0.4, 0.5) is 5.82 Å². The van der Waals surface area contributed by atoms with Crippen LogP contribution in [0.5, 0.6) is 0 Å². The Kier molecular flexibility index (Phi) is 7.59. The zero-order chi connectivity index (χ0) is 21.6. The maximum Gasteiger partial charge on any atom is 0.245 e. The summed E-state index contributed by atoms with van der Waals surface area (Å²) in [5.74, 6) is 0.188. The Labute approximate surface area is 174 Å². The number of nitrogens with zero attached hydrogens (tertiary/aromatic N) is 3. The first-order valence-corrected chi connectivity index (χ1v) is 10.4. The molecule has 0 saturated heterocycles. The molecule has 1 aromatic heterocycles. The van der Waals surface area contributed by atoms with Gasteiger partial charge in [-0.1, -0.05) is 65.0 Å². The van der Waals surface area contributed by atoms with Crippen LogP contribution in [0.2, 0.25) is 0 Å². The van der Waals surface area contributed by atoms with Crippen molar-refractivity contribution in [1.82, 2.24) is 14.7 Å². The highest BCUT2D eigenvalue weighted by atomic mass is 16.2. The van der Waals surface area contributed by atoms with Gasteiger partial charge in [-0.2, -0.15) is 5.10 Å². The lowest BCUT2D eigenvalue weighted by molar-refractivity contribution is -0.136. The number of benzene rings is 1. The second kappa shape index (κ2) is 9.72. The number of rotatable bonds is 8. The van der Waals surface area contributed by atoms with E-state index in [4.69, 9.17) is 0 Å². The summed E-state index contributed by atoms with van der Waals surface area (Å²) in [6, 6.07) is 11.7. The Morgan fingerprint density at radius 3 is 2.34 bits per heavy atom. The molecule has 0 saturated carbocycles. The van der Waals surface area contributed by atoms with Crippen molar-refractivity contribution in [1.29, 1.82) is 0 Å². The van der Waals surface area contributed by atoms with E-state index in [1.54, 1.807) is 9.58 Å². The Morgan fingerprint density at radius 1 is 1.17 bits per heavy atom. The molecule has 6 heteroatoms. The fourth-order valence-electron chi connectivity index (χ4n) is 3.30. The number of anilines is 1. The number of carbonyl (C=O) groups is 2. The first-order valence-electron chi connectivity index (χ1n) is 10.4. The van der Waals surface area contributed by atoms with E-state index in [9.17, 15) is 9.59 Å². The topological polar surface area (TPSA) is 67.2 Å². The van der Waals surface area contributed by atoms with Gasteiger partial charge in [0.15, 0.2) is 0 Å². The minimum atomic E-state index is -0.236. The van der Waals surface area contributed by atoms with Crippen molar-refractivity contribution in [3.8, 4) is 0 Å². The van der Waals surface area contributed by atoms with Crippen molar-refractivity contribution in [3.63, 3.8) is 0 Å². The van der Waals surface area contributed by atoms with Gasteiger partial charge in [-0.25, -0.2) is 0 Å². The quantitative estimate of drug-likeness (QED) is 0.728. The third-order valence-corrected chi connectivity index (χ3v) is 4.96. The van der Waals surface area contributed by atoms with Crippen LogP contribution in [0.3, 0.4) is 0 Å². The molecule has 1 atom stereocenters. The van der Waals surface area contributed by atoms with Gasteiger partial charge >= 0.3 is 0 Å². The van der Waals surface area contributed by atoms with Gasteiger partial charge in [0.2, 0.25) is 11.8 Å². The number of nitrogens with one attached hydrogen (secondary N) is 1. The summed E-state index contributed by atoms with van der Waals surface area (Å²) in [4.78, 5) is 27.6. The molecule has 1 N–H and O–H groups in total. The minimum Gasteiger partial charge on any atom is -0.333 e. The molecule has 1 aromatic carbocycles. The summed E-state index contributed by atoms with van der Waals surface area (Å²) in [7, 11) is 1.81. The number of carbonyl (C=O) groups excluding carboxylic acids is 2. The van der Waals surface area contributed by atoms with E-state index in [1.807, 2.05) is 57.3 Å². The second-order valence-corrected chi connectivity index (χ2v) is 8.47. The molecule has 0 aliphatic carbocycles. The third kappa shape index (κ3) is 5.92. The average molecular weight is 399 g/mol. The Bertz CT molecular complexity index is 821. The molecule has 1 unspecified atom stereocenters.